The SMILES string of the molecule is CCOC(=O)C1(CCCCl)CC2OCCC2N1. The molecule has 2 aliphatic heterocycles. The Morgan fingerprint density at radius 2 is 2.47 bits per heavy atom. The Bertz CT molecular complexity index is 273. The van der Waals surface area contributed by atoms with Gasteiger partial charge in [0.2, 0.25) is 0 Å². The van der Waals surface area contributed by atoms with Crippen LogP contribution < -0.4 is 5.32 Å². The molecule has 17 heavy (non-hydrogen) atoms. The third kappa shape index (κ3) is 2.59. The highest BCUT2D eigenvalue weighted by Crippen LogP contribution is 2.35. The van der Waals surface area contributed by atoms with Crippen molar-refractivity contribution in [2.75, 3.05) is 19.1 Å². The number of hydrogen-bond acceptors (Lipinski definition) is 4. The van der Waals surface area contributed by atoms with Crippen LogP contribution in [0.3, 0.4) is 0 Å². The second kappa shape index (κ2) is 5.55. The average Bonchev–Trinajstić information content (AvgIpc) is 2.85. The molecule has 3 atom stereocenters. The molecule has 0 aromatic carbocycles. The summed E-state index contributed by atoms with van der Waals surface area (Å²) in [4.78, 5) is 12.1. The van der Waals surface area contributed by atoms with Gasteiger partial charge < -0.3 is 9.47 Å². The van der Waals surface area contributed by atoms with E-state index in [0.29, 0.717) is 24.9 Å². The number of ether oxygens (including phenoxy) is 2. The van der Waals surface area contributed by atoms with E-state index < -0.39 is 5.54 Å². The number of carbonyl (C=O) groups is 1. The summed E-state index contributed by atoms with van der Waals surface area (Å²) in [6, 6.07) is 0.301. The maximum atomic E-state index is 12.1. The van der Waals surface area contributed by atoms with Crippen LogP contribution in [0.5, 0.6) is 0 Å². The molecular weight excluding hydrogens is 242 g/mol. The van der Waals surface area contributed by atoms with E-state index in [1.165, 1.54) is 0 Å². The molecule has 2 heterocycles. The van der Waals surface area contributed by atoms with E-state index in [1.807, 2.05) is 6.92 Å². The number of alkyl halides is 1. The fraction of sp³-hybridized carbons (Fsp3) is 0.917. The van der Waals surface area contributed by atoms with Gasteiger partial charge in [-0.15, -0.1) is 11.6 Å². The smallest absolute Gasteiger partial charge is 0.326 e. The first-order valence-corrected chi connectivity index (χ1v) is 6.88. The summed E-state index contributed by atoms with van der Waals surface area (Å²) in [7, 11) is 0. The Morgan fingerprint density at radius 1 is 1.65 bits per heavy atom. The molecular formula is C12H20ClNO3. The second-order valence-electron chi connectivity index (χ2n) is 4.75. The Labute approximate surface area is 107 Å². The summed E-state index contributed by atoms with van der Waals surface area (Å²) in [6.45, 7) is 3.04. The second-order valence-corrected chi connectivity index (χ2v) is 5.13. The van der Waals surface area contributed by atoms with E-state index in [9.17, 15) is 4.79 Å². The molecule has 0 aliphatic carbocycles. The van der Waals surface area contributed by atoms with Crippen molar-refractivity contribution in [2.24, 2.45) is 0 Å². The van der Waals surface area contributed by atoms with E-state index in [1.54, 1.807) is 0 Å². The highest BCUT2D eigenvalue weighted by Gasteiger charge is 2.52. The molecule has 98 valence electrons. The molecule has 4 nitrogen and oxygen atoms in total. The predicted octanol–water partition coefficient (Wildman–Crippen LogP) is 1.46. The first kappa shape index (κ1) is 13.1. The fourth-order valence-electron chi connectivity index (χ4n) is 2.83. The molecule has 0 aromatic heterocycles. The Hall–Kier alpha value is -0.320. The first-order valence-electron chi connectivity index (χ1n) is 6.34. The number of halogens is 1. The molecule has 2 rings (SSSR count). The molecule has 0 bridgehead atoms. The predicted molar refractivity (Wildman–Crippen MR) is 65.2 cm³/mol. The van der Waals surface area contributed by atoms with Gasteiger partial charge in [0, 0.05) is 24.9 Å². The van der Waals surface area contributed by atoms with Gasteiger partial charge in [-0.25, -0.2) is 0 Å². The first-order chi connectivity index (χ1) is 8.22. The fourth-order valence-corrected chi connectivity index (χ4v) is 2.96. The van der Waals surface area contributed by atoms with Gasteiger partial charge in [0.05, 0.1) is 12.7 Å². The van der Waals surface area contributed by atoms with E-state index in [0.717, 1.165) is 25.9 Å². The molecule has 1 N–H and O–H groups in total. The Morgan fingerprint density at radius 3 is 3.12 bits per heavy atom. The van der Waals surface area contributed by atoms with Gasteiger partial charge in [-0.3, -0.25) is 10.1 Å². The minimum atomic E-state index is -0.569. The lowest BCUT2D eigenvalue weighted by molar-refractivity contribution is -0.151. The van der Waals surface area contributed by atoms with Crippen molar-refractivity contribution >= 4 is 17.6 Å². The van der Waals surface area contributed by atoms with Crippen LogP contribution in [-0.2, 0) is 14.3 Å². The molecule has 2 fully saturated rings. The molecule has 0 saturated carbocycles. The standard InChI is InChI=1S/C12H20ClNO3/c1-2-16-11(15)12(5-3-6-13)8-10-9(14-12)4-7-17-10/h9-10,14H,2-8H2,1H3. The van der Waals surface area contributed by atoms with Crippen LogP contribution in [0.4, 0.5) is 0 Å². The van der Waals surface area contributed by atoms with Crippen molar-refractivity contribution in [3.63, 3.8) is 0 Å². The van der Waals surface area contributed by atoms with Gasteiger partial charge >= 0.3 is 5.97 Å². The number of rotatable bonds is 5. The summed E-state index contributed by atoms with van der Waals surface area (Å²) in [5, 5.41) is 3.43. The van der Waals surface area contributed by atoms with Gasteiger partial charge in [0.25, 0.3) is 0 Å². The van der Waals surface area contributed by atoms with Crippen molar-refractivity contribution in [3.05, 3.63) is 0 Å². The summed E-state index contributed by atoms with van der Waals surface area (Å²) >= 11 is 5.73. The molecule has 3 unspecified atom stereocenters. The van der Waals surface area contributed by atoms with E-state index >= 15 is 0 Å². The van der Waals surface area contributed by atoms with Crippen LogP contribution in [0.2, 0.25) is 0 Å². The van der Waals surface area contributed by atoms with Crippen molar-refractivity contribution in [1.29, 1.82) is 0 Å². The summed E-state index contributed by atoms with van der Waals surface area (Å²) < 4.78 is 10.8. The number of nitrogens with one attached hydrogen (secondary N) is 1. The third-order valence-corrected chi connectivity index (χ3v) is 3.89. The van der Waals surface area contributed by atoms with Gasteiger partial charge in [0.15, 0.2) is 0 Å². The Kier molecular flexibility index (Phi) is 4.28. The third-order valence-electron chi connectivity index (χ3n) is 3.62. The van der Waals surface area contributed by atoms with Crippen molar-refractivity contribution in [2.45, 2.75) is 50.3 Å². The van der Waals surface area contributed by atoms with E-state index in [-0.39, 0.29) is 12.1 Å². The highest BCUT2D eigenvalue weighted by atomic mass is 35.5. The highest BCUT2D eigenvalue weighted by molar-refractivity contribution is 6.17. The largest absolute Gasteiger partial charge is 0.465 e. The number of esters is 1. The van der Waals surface area contributed by atoms with Crippen molar-refractivity contribution < 1.29 is 14.3 Å². The lowest BCUT2D eigenvalue weighted by Gasteiger charge is -2.28. The number of hydrogen-bond donors (Lipinski definition) is 1. The molecule has 0 amide bonds. The molecule has 2 saturated heterocycles. The van der Waals surface area contributed by atoms with Crippen LogP contribution >= 0.6 is 11.6 Å². The maximum absolute atomic E-state index is 12.1. The molecule has 2 aliphatic rings. The Balaban J connectivity index is 2.06. The van der Waals surface area contributed by atoms with Gasteiger partial charge in [-0.05, 0) is 26.2 Å². The minimum absolute atomic E-state index is 0.150. The van der Waals surface area contributed by atoms with Gasteiger partial charge in [-0.2, -0.15) is 0 Å². The zero-order valence-corrected chi connectivity index (χ0v) is 11.0. The lowest BCUT2D eigenvalue weighted by atomic mass is 9.91. The maximum Gasteiger partial charge on any atom is 0.326 e. The van der Waals surface area contributed by atoms with Gasteiger partial charge in [0.1, 0.15) is 5.54 Å². The van der Waals surface area contributed by atoms with Crippen LogP contribution in [0.25, 0.3) is 0 Å². The van der Waals surface area contributed by atoms with Crippen LogP contribution in [0.1, 0.15) is 32.6 Å². The monoisotopic (exact) mass is 261 g/mol. The van der Waals surface area contributed by atoms with E-state index in [2.05, 4.69) is 5.32 Å². The van der Waals surface area contributed by atoms with Crippen LogP contribution in [-0.4, -0.2) is 42.7 Å². The lowest BCUT2D eigenvalue weighted by Crippen LogP contribution is -2.51. The summed E-state index contributed by atoms with van der Waals surface area (Å²) in [5.41, 5.74) is -0.569. The van der Waals surface area contributed by atoms with Crippen molar-refractivity contribution in [1.82, 2.24) is 5.32 Å². The normalized spacial score (nSPS) is 35.9. The molecule has 5 heteroatoms. The van der Waals surface area contributed by atoms with Crippen LogP contribution in [0.15, 0.2) is 0 Å². The average molecular weight is 262 g/mol. The van der Waals surface area contributed by atoms with E-state index in [4.69, 9.17) is 21.1 Å². The van der Waals surface area contributed by atoms with Crippen molar-refractivity contribution in [3.8, 4) is 0 Å². The van der Waals surface area contributed by atoms with Crippen LogP contribution in [0, 0.1) is 0 Å². The number of carbonyl (C=O) groups excluding carboxylic acids is 1. The summed E-state index contributed by atoms with van der Waals surface area (Å²) in [6.07, 6.45) is 3.40. The molecule has 0 aromatic rings. The topological polar surface area (TPSA) is 47.6 Å². The zero-order chi connectivity index (χ0) is 12.3. The quantitative estimate of drug-likeness (QED) is 0.601. The number of fused-ring (bicyclic) bond motifs is 1. The van der Waals surface area contributed by atoms with Gasteiger partial charge in [-0.1, -0.05) is 0 Å². The summed E-state index contributed by atoms with van der Waals surface area (Å²) in [5.74, 6) is 0.419. The minimum Gasteiger partial charge on any atom is -0.465 e. The molecule has 0 radical (unpaired) electrons. The zero-order valence-electron chi connectivity index (χ0n) is 10.2. The molecule has 0 spiro atoms.